The molecule has 0 radical (unpaired) electrons. The van der Waals surface area contributed by atoms with Gasteiger partial charge in [-0.15, -0.1) is 0 Å². The molecule has 0 fully saturated rings. The van der Waals surface area contributed by atoms with Crippen molar-refractivity contribution in [3.05, 3.63) is 53.9 Å². The molecule has 4 rings (SSSR count). The Morgan fingerprint density at radius 2 is 1.88 bits per heavy atom. The topological polar surface area (TPSA) is 128 Å². The summed E-state index contributed by atoms with van der Waals surface area (Å²) in [4.78, 5) is 33.4. The average Bonchev–Trinajstić information content (AvgIpc) is 3.23. The fraction of sp³-hybridized carbons (Fsp3) is 0.304. The standard InChI is InChI=1S/C23H25N5O4/c1-13(2)21(22(24)30)28-23-15-5-3-4-6-16(15)26-19(27-23)11-25-20(29)10-14-7-8-17-18(9-14)32-12-31-17/h3-9,13,21H,10-12H2,1-2H3,(H2,24,30)(H,25,29)(H,26,27,28)/t21-/m0/s1. The minimum atomic E-state index is -0.582. The Morgan fingerprint density at radius 3 is 2.66 bits per heavy atom. The maximum absolute atomic E-state index is 12.5. The van der Waals surface area contributed by atoms with Crippen LogP contribution in [0.25, 0.3) is 10.9 Å². The summed E-state index contributed by atoms with van der Waals surface area (Å²) in [5.74, 6) is 1.59. The molecule has 0 aliphatic carbocycles. The molecule has 0 unspecified atom stereocenters. The lowest BCUT2D eigenvalue weighted by atomic mass is 10.0. The van der Waals surface area contributed by atoms with E-state index in [0.29, 0.717) is 28.7 Å². The first-order valence-electron chi connectivity index (χ1n) is 10.4. The van der Waals surface area contributed by atoms with Gasteiger partial charge in [-0.3, -0.25) is 9.59 Å². The minimum absolute atomic E-state index is 0.0221. The van der Waals surface area contributed by atoms with E-state index in [1.807, 2.05) is 44.2 Å². The zero-order valence-corrected chi connectivity index (χ0v) is 17.9. The average molecular weight is 435 g/mol. The van der Waals surface area contributed by atoms with Crippen LogP contribution >= 0.6 is 0 Å². The molecule has 1 aliphatic heterocycles. The maximum Gasteiger partial charge on any atom is 0.240 e. The Morgan fingerprint density at radius 1 is 1.09 bits per heavy atom. The number of rotatable bonds is 8. The number of aromatic nitrogens is 2. The second-order valence-electron chi connectivity index (χ2n) is 7.92. The third kappa shape index (κ3) is 4.72. The number of carbonyl (C=O) groups excluding carboxylic acids is 2. The number of anilines is 1. The Balaban J connectivity index is 1.49. The smallest absolute Gasteiger partial charge is 0.240 e. The van der Waals surface area contributed by atoms with Crippen LogP contribution in [0.3, 0.4) is 0 Å². The fourth-order valence-corrected chi connectivity index (χ4v) is 3.50. The highest BCUT2D eigenvalue weighted by Gasteiger charge is 2.21. The zero-order valence-electron chi connectivity index (χ0n) is 17.9. The van der Waals surface area contributed by atoms with Crippen LogP contribution < -0.4 is 25.8 Å². The van der Waals surface area contributed by atoms with Gasteiger partial charge in [0, 0.05) is 5.39 Å². The predicted octanol–water partition coefficient (Wildman–Crippen LogP) is 2.14. The fourth-order valence-electron chi connectivity index (χ4n) is 3.50. The Hall–Kier alpha value is -3.88. The van der Waals surface area contributed by atoms with Crippen LogP contribution in [0.5, 0.6) is 11.5 Å². The number of ether oxygens (including phenoxy) is 2. The molecule has 2 amide bonds. The first-order valence-corrected chi connectivity index (χ1v) is 10.4. The molecule has 0 saturated carbocycles. The molecule has 9 heteroatoms. The first kappa shape index (κ1) is 21.4. The molecule has 0 saturated heterocycles. The molecule has 3 aromatic rings. The highest BCUT2D eigenvalue weighted by atomic mass is 16.7. The van der Waals surface area contributed by atoms with Crippen LogP contribution in [0.2, 0.25) is 0 Å². The van der Waals surface area contributed by atoms with Gasteiger partial charge in [0.1, 0.15) is 11.9 Å². The SMILES string of the molecule is CC(C)[C@H](Nc1nc(CNC(=O)Cc2ccc3c(c2)OCO3)nc2ccccc12)C(N)=O. The normalized spacial score (nSPS) is 13.2. The van der Waals surface area contributed by atoms with Crippen LogP contribution in [0.15, 0.2) is 42.5 Å². The van der Waals surface area contributed by atoms with Crippen molar-refractivity contribution in [1.82, 2.24) is 15.3 Å². The van der Waals surface area contributed by atoms with Gasteiger partial charge in [-0.2, -0.15) is 0 Å². The van der Waals surface area contributed by atoms with Crippen LogP contribution in [-0.2, 0) is 22.6 Å². The molecule has 4 N–H and O–H groups in total. The Labute approximate surface area is 185 Å². The van der Waals surface area contributed by atoms with Crippen molar-refractivity contribution in [2.24, 2.45) is 11.7 Å². The lowest BCUT2D eigenvalue weighted by molar-refractivity contribution is -0.121. The quantitative estimate of drug-likeness (QED) is 0.494. The number of carbonyl (C=O) groups is 2. The third-order valence-corrected chi connectivity index (χ3v) is 5.16. The van der Waals surface area contributed by atoms with E-state index in [0.717, 1.165) is 10.9 Å². The van der Waals surface area contributed by atoms with Gasteiger partial charge in [-0.25, -0.2) is 9.97 Å². The molecule has 2 heterocycles. The van der Waals surface area contributed by atoms with Crippen LogP contribution in [0.4, 0.5) is 5.82 Å². The monoisotopic (exact) mass is 435 g/mol. The molecular formula is C23H25N5O4. The van der Waals surface area contributed by atoms with Crippen molar-refractivity contribution in [1.29, 1.82) is 0 Å². The van der Waals surface area contributed by atoms with Gasteiger partial charge < -0.3 is 25.8 Å². The molecule has 0 spiro atoms. The van der Waals surface area contributed by atoms with Crippen molar-refractivity contribution in [3.8, 4) is 11.5 Å². The van der Waals surface area contributed by atoms with E-state index in [2.05, 4.69) is 20.6 Å². The van der Waals surface area contributed by atoms with E-state index in [4.69, 9.17) is 15.2 Å². The lowest BCUT2D eigenvalue weighted by Gasteiger charge is -2.21. The van der Waals surface area contributed by atoms with Gasteiger partial charge in [0.15, 0.2) is 17.3 Å². The first-order chi connectivity index (χ1) is 15.4. The molecule has 2 aromatic carbocycles. The number of amides is 2. The van der Waals surface area contributed by atoms with Gasteiger partial charge in [0.05, 0.1) is 18.5 Å². The van der Waals surface area contributed by atoms with Crippen molar-refractivity contribution in [3.63, 3.8) is 0 Å². The zero-order chi connectivity index (χ0) is 22.7. The van der Waals surface area contributed by atoms with Crippen molar-refractivity contribution in [2.75, 3.05) is 12.1 Å². The van der Waals surface area contributed by atoms with Gasteiger partial charge >= 0.3 is 0 Å². The molecular weight excluding hydrogens is 410 g/mol. The van der Waals surface area contributed by atoms with Gasteiger partial charge in [0.25, 0.3) is 0 Å². The maximum atomic E-state index is 12.5. The van der Waals surface area contributed by atoms with E-state index < -0.39 is 11.9 Å². The molecule has 1 aromatic heterocycles. The summed E-state index contributed by atoms with van der Waals surface area (Å²) in [6.45, 7) is 4.14. The number of para-hydroxylation sites is 1. The summed E-state index contributed by atoms with van der Waals surface area (Å²) in [6, 6.07) is 12.3. The number of benzene rings is 2. The lowest BCUT2D eigenvalue weighted by Crippen LogP contribution is -2.40. The number of nitrogens with one attached hydrogen (secondary N) is 2. The van der Waals surface area contributed by atoms with E-state index in [1.54, 1.807) is 12.1 Å². The number of fused-ring (bicyclic) bond motifs is 2. The summed E-state index contributed by atoms with van der Waals surface area (Å²) >= 11 is 0. The molecule has 166 valence electrons. The Bertz CT molecular complexity index is 1160. The number of primary amides is 1. The number of nitrogens with zero attached hydrogens (tertiary/aromatic N) is 2. The van der Waals surface area contributed by atoms with E-state index in [9.17, 15) is 9.59 Å². The number of hydrogen-bond donors (Lipinski definition) is 3. The molecule has 0 bridgehead atoms. The second-order valence-corrected chi connectivity index (χ2v) is 7.92. The van der Waals surface area contributed by atoms with Gasteiger partial charge in [-0.05, 0) is 35.7 Å². The highest BCUT2D eigenvalue weighted by molar-refractivity contribution is 5.92. The minimum Gasteiger partial charge on any atom is -0.454 e. The predicted molar refractivity (Wildman–Crippen MR) is 119 cm³/mol. The van der Waals surface area contributed by atoms with Gasteiger partial charge in [-0.1, -0.05) is 32.0 Å². The number of nitrogens with two attached hydrogens (primary N) is 1. The summed E-state index contributed by atoms with van der Waals surface area (Å²) in [6.07, 6.45) is 0.187. The van der Waals surface area contributed by atoms with Crippen molar-refractivity contribution < 1.29 is 19.1 Å². The second kappa shape index (κ2) is 9.09. The molecule has 9 nitrogen and oxygen atoms in total. The largest absolute Gasteiger partial charge is 0.454 e. The summed E-state index contributed by atoms with van der Waals surface area (Å²) in [5.41, 5.74) is 7.07. The summed E-state index contributed by atoms with van der Waals surface area (Å²) < 4.78 is 10.6. The highest BCUT2D eigenvalue weighted by Crippen LogP contribution is 2.32. The third-order valence-electron chi connectivity index (χ3n) is 5.16. The van der Waals surface area contributed by atoms with Crippen molar-refractivity contribution in [2.45, 2.75) is 32.9 Å². The number of hydrogen-bond acceptors (Lipinski definition) is 7. The van der Waals surface area contributed by atoms with Crippen LogP contribution in [-0.4, -0.2) is 34.6 Å². The summed E-state index contributed by atoms with van der Waals surface area (Å²) in [5, 5.41) is 6.77. The van der Waals surface area contributed by atoms with Gasteiger partial charge in [0.2, 0.25) is 18.6 Å². The van der Waals surface area contributed by atoms with Crippen LogP contribution in [0, 0.1) is 5.92 Å². The van der Waals surface area contributed by atoms with Crippen LogP contribution in [0.1, 0.15) is 25.2 Å². The Kier molecular flexibility index (Phi) is 6.07. The molecule has 1 aliphatic rings. The molecule has 1 atom stereocenters. The van der Waals surface area contributed by atoms with E-state index in [1.165, 1.54) is 0 Å². The van der Waals surface area contributed by atoms with Crippen molar-refractivity contribution >= 4 is 28.5 Å². The molecule has 32 heavy (non-hydrogen) atoms. The summed E-state index contributed by atoms with van der Waals surface area (Å²) in [7, 11) is 0. The van der Waals surface area contributed by atoms with E-state index in [-0.39, 0.29) is 31.6 Å². The van der Waals surface area contributed by atoms with E-state index >= 15 is 0 Å².